The molecule has 20 heavy (non-hydrogen) atoms. The van der Waals surface area contributed by atoms with Gasteiger partial charge in [0, 0.05) is 22.1 Å². The van der Waals surface area contributed by atoms with Gasteiger partial charge < -0.3 is 4.57 Å². The zero-order valence-corrected chi connectivity index (χ0v) is 13.7. The number of hydrogen-bond acceptors (Lipinski definition) is 0. The first-order chi connectivity index (χ1) is 9.67. The Kier molecular flexibility index (Phi) is 4.93. The summed E-state index contributed by atoms with van der Waals surface area (Å²) in [4.78, 5) is 0. The van der Waals surface area contributed by atoms with Crippen LogP contribution in [-0.2, 0) is 25.7 Å². The van der Waals surface area contributed by atoms with E-state index in [1.807, 2.05) is 12.1 Å². The summed E-state index contributed by atoms with van der Waals surface area (Å²) in [6, 6.07) is 8.20. The minimum Gasteiger partial charge on any atom is -0.317 e. The monoisotopic (exact) mass is 289 g/mol. The molecule has 1 aromatic carbocycles. The summed E-state index contributed by atoms with van der Waals surface area (Å²) in [7, 11) is 0. The first-order valence-electron chi connectivity index (χ1n) is 7.67. The van der Waals surface area contributed by atoms with E-state index < -0.39 is 0 Å². The van der Waals surface area contributed by atoms with Crippen molar-refractivity contribution >= 4 is 11.6 Å². The van der Waals surface area contributed by atoms with Gasteiger partial charge in [0.2, 0.25) is 0 Å². The molecule has 0 amide bonds. The van der Waals surface area contributed by atoms with Crippen molar-refractivity contribution in [1.29, 1.82) is 0 Å². The van der Waals surface area contributed by atoms with Gasteiger partial charge in [-0.1, -0.05) is 45.4 Å². The summed E-state index contributed by atoms with van der Waals surface area (Å²) in [5.41, 5.74) is 7.16. The van der Waals surface area contributed by atoms with E-state index in [1.54, 1.807) is 0 Å². The Labute approximate surface area is 127 Å². The number of aromatic nitrogens is 1. The van der Waals surface area contributed by atoms with Gasteiger partial charge in [-0.25, -0.2) is 0 Å². The van der Waals surface area contributed by atoms with Gasteiger partial charge in [0.25, 0.3) is 0 Å². The van der Waals surface area contributed by atoms with Crippen LogP contribution in [0.25, 0.3) is 5.69 Å². The predicted molar refractivity (Wildman–Crippen MR) is 88.3 cm³/mol. The maximum absolute atomic E-state index is 6.19. The first-order valence-corrected chi connectivity index (χ1v) is 8.05. The quantitative estimate of drug-likeness (QED) is 0.696. The number of benzene rings is 1. The minimum atomic E-state index is 0.802. The van der Waals surface area contributed by atoms with E-state index in [4.69, 9.17) is 11.6 Å². The van der Waals surface area contributed by atoms with Crippen molar-refractivity contribution in [3.05, 3.63) is 51.8 Å². The van der Waals surface area contributed by atoms with Crippen molar-refractivity contribution in [3.8, 4) is 5.69 Å². The SMILES string of the molecule is CCc1c(CC)c(CC)n(-c2cccc(Cl)c2)c1CC. The lowest BCUT2D eigenvalue weighted by molar-refractivity contribution is 0.853. The van der Waals surface area contributed by atoms with Gasteiger partial charge in [-0.2, -0.15) is 0 Å². The molecule has 0 aliphatic carbocycles. The van der Waals surface area contributed by atoms with E-state index in [9.17, 15) is 0 Å². The molecule has 0 atom stereocenters. The van der Waals surface area contributed by atoms with E-state index >= 15 is 0 Å². The van der Waals surface area contributed by atoms with Gasteiger partial charge in [0.05, 0.1) is 0 Å². The largest absolute Gasteiger partial charge is 0.317 e. The fourth-order valence-electron chi connectivity index (χ4n) is 3.29. The van der Waals surface area contributed by atoms with Crippen molar-refractivity contribution in [2.45, 2.75) is 53.4 Å². The summed E-state index contributed by atoms with van der Waals surface area (Å²) in [5, 5.41) is 0.802. The molecule has 1 heterocycles. The summed E-state index contributed by atoms with van der Waals surface area (Å²) >= 11 is 6.19. The summed E-state index contributed by atoms with van der Waals surface area (Å²) in [6.07, 6.45) is 4.32. The lowest BCUT2D eigenvalue weighted by Gasteiger charge is -2.13. The van der Waals surface area contributed by atoms with Gasteiger partial charge in [0.15, 0.2) is 0 Å². The average Bonchev–Trinajstić information content (AvgIpc) is 2.79. The molecular formula is C18H24ClN. The fourth-order valence-corrected chi connectivity index (χ4v) is 3.47. The van der Waals surface area contributed by atoms with Gasteiger partial charge in [-0.05, 0) is 55.0 Å². The van der Waals surface area contributed by atoms with Gasteiger partial charge >= 0.3 is 0 Å². The lowest BCUT2D eigenvalue weighted by Crippen LogP contribution is -2.04. The normalized spacial score (nSPS) is 11.1. The number of halogens is 1. The van der Waals surface area contributed by atoms with Crippen LogP contribution in [0.1, 0.15) is 50.2 Å². The van der Waals surface area contributed by atoms with Crippen LogP contribution >= 0.6 is 11.6 Å². The molecule has 0 saturated carbocycles. The molecule has 0 N–H and O–H groups in total. The highest BCUT2D eigenvalue weighted by molar-refractivity contribution is 6.30. The Morgan fingerprint density at radius 3 is 1.80 bits per heavy atom. The molecule has 2 heteroatoms. The summed E-state index contributed by atoms with van der Waals surface area (Å²) in [6.45, 7) is 9.01. The molecule has 0 saturated heterocycles. The van der Waals surface area contributed by atoms with E-state index in [0.29, 0.717) is 0 Å². The zero-order chi connectivity index (χ0) is 14.7. The zero-order valence-electron chi connectivity index (χ0n) is 13.0. The van der Waals surface area contributed by atoms with E-state index in [2.05, 4.69) is 44.4 Å². The molecule has 0 aliphatic heterocycles. The van der Waals surface area contributed by atoms with E-state index in [0.717, 1.165) is 30.7 Å². The van der Waals surface area contributed by atoms with E-state index in [1.165, 1.54) is 28.2 Å². The predicted octanol–water partition coefficient (Wildman–Crippen LogP) is 5.38. The second kappa shape index (κ2) is 6.49. The summed E-state index contributed by atoms with van der Waals surface area (Å²) in [5.74, 6) is 0. The third-order valence-corrected chi connectivity index (χ3v) is 4.28. The van der Waals surface area contributed by atoms with Gasteiger partial charge in [0.1, 0.15) is 0 Å². The van der Waals surface area contributed by atoms with Crippen molar-refractivity contribution in [3.63, 3.8) is 0 Å². The summed E-state index contributed by atoms with van der Waals surface area (Å²) < 4.78 is 2.43. The molecule has 108 valence electrons. The van der Waals surface area contributed by atoms with Crippen LogP contribution < -0.4 is 0 Å². The topological polar surface area (TPSA) is 4.93 Å². The molecule has 0 fully saturated rings. The Morgan fingerprint density at radius 2 is 1.40 bits per heavy atom. The third-order valence-electron chi connectivity index (χ3n) is 4.04. The van der Waals surface area contributed by atoms with Crippen LogP contribution in [-0.4, -0.2) is 4.57 Å². The average molecular weight is 290 g/mol. The second-order valence-electron chi connectivity index (χ2n) is 5.08. The maximum atomic E-state index is 6.19. The van der Waals surface area contributed by atoms with Gasteiger partial charge in [-0.15, -0.1) is 0 Å². The van der Waals surface area contributed by atoms with Gasteiger partial charge in [-0.3, -0.25) is 0 Å². The van der Waals surface area contributed by atoms with E-state index in [-0.39, 0.29) is 0 Å². The molecule has 0 spiro atoms. The van der Waals surface area contributed by atoms with Crippen LogP contribution in [0.15, 0.2) is 24.3 Å². The molecule has 0 aliphatic rings. The van der Waals surface area contributed by atoms with Crippen LogP contribution in [0.4, 0.5) is 0 Å². The Balaban J connectivity index is 2.76. The molecule has 1 aromatic heterocycles. The Morgan fingerprint density at radius 1 is 0.850 bits per heavy atom. The third kappa shape index (κ3) is 2.52. The number of hydrogen-bond donors (Lipinski definition) is 0. The minimum absolute atomic E-state index is 0.802. The second-order valence-corrected chi connectivity index (χ2v) is 5.52. The Bertz CT molecular complexity index is 566. The molecular weight excluding hydrogens is 266 g/mol. The smallest absolute Gasteiger partial charge is 0.0470 e. The molecule has 1 nitrogen and oxygen atoms in total. The van der Waals surface area contributed by atoms with Crippen LogP contribution in [0, 0.1) is 0 Å². The molecule has 2 aromatic rings. The fraction of sp³-hybridized carbons (Fsp3) is 0.444. The van der Waals surface area contributed by atoms with Crippen LogP contribution in [0.5, 0.6) is 0 Å². The molecule has 0 unspecified atom stereocenters. The maximum Gasteiger partial charge on any atom is 0.0470 e. The Hall–Kier alpha value is -1.21. The highest BCUT2D eigenvalue weighted by Crippen LogP contribution is 2.30. The van der Waals surface area contributed by atoms with Crippen molar-refractivity contribution in [2.75, 3.05) is 0 Å². The highest BCUT2D eigenvalue weighted by atomic mass is 35.5. The van der Waals surface area contributed by atoms with Crippen molar-refractivity contribution in [1.82, 2.24) is 4.57 Å². The molecule has 2 rings (SSSR count). The van der Waals surface area contributed by atoms with Crippen molar-refractivity contribution < 1.29 is 0 Å². The van der Waals surface area contributed by atoms with Crippen molar-refractivity contribution in [2.24, 2.45) is 0 Å². The first kappa shape index (κ1) is 15.2. The molecule has 0 radical (unpaired) electrons. The number of rotatable bonds is 5. The van der Waals surface area contributed by atoms with Crippen LogP contribution in [0.3, 0.4) is 0 Å². The molecule has 0 bridgehead atoms. The lowest BCUT2D eigenvalue weighted by atomic mass is 10.0. The highest BCUT2D eigenvalue weighted by Gasteiger charge is 2.19. The number of nitrogens with zero attached hydrogens (tertiary/aromatic N) is 1. The van der Waals surface area contributed by atoms with Crippen LogP contribution in [0.2, 0.25) is 5.02 Å². The standard InChI is InChI=1S/C18H24ClN/c1-5-15-16(6-2)18(8-4)20(17(15)7-3)14-11-9-10-13(19)12-14/h9-12H,5-8H2,1-4H3.